The number of carbonyl (C=O) groups is 4. The van der Waals surface area contributed by atoms with E-state index in [2.05, 4.69) is 20.3 Å². The number of nitrogens with one attached hydrogen (secondary N) is 3. The molecule has 9 N–H and O–H groups in total. The molecule has 3 amide bonds. The van der Waals surface area contributed by atoms with E-state index in [4.69, 9.17) is 21.9 Å². The largest absolute Gasteiger partial charge is 0.488 e. The van der Waals surface area contributed by atoms with Crippen LogP contribution < -0.4 is 37.3 Å². The van der Waals surface area contributed by atoms with Crippen molar-refractivity contribution < 1.29 is 32.3 Å². The summed E-state index contributed by atoms with van der Waals surface area (Å²) >= 11 is 0. The van der Waals surface area contributed by atoms with Crippen molar-refractivity contribution in [3.05, 3.63) is 53.1 Å². The molecule has 15 heteroatoms. The first-order valence-electron chi connectivity index (χ1n) is 12.2. The van der Waals surface area contributed by atoms with Gasteiger partial charge in [-0.15, -0.1) is 0 Å². The Balaban J connectivity index is 2.02. The third kappa shape index (κ3) is 8.69. The number of hydrogen-bond donors (Lipinski definition) is 6. The number of aliphatic imine (C=N–C) groups is 1. The highest BCUT2D eigenvalue weighted by molar-refractivity contribution is 7.92. The van der Waals surface area contributed by atoms with Gasteiger partial charge in [-0.05, 0) is 43.2 Å². The molecule has 0 spiro atoms. The van der Waals surface area contributed by atoms with E-state index in [1.807, 2.05) is 0 Å². The predicted octanol–water partition coefficient (Wildman–Crippen LogP) is 0.189. The van der Waals surface area contributed by atoms with Gasteiger partial charge in [0.1, 0.15) is 12.4 Å². The number of sulfonamides is 1. The number of anilines is 2. The first-order chi connectivity index (χ1) is 18.8. The summed E-state index contributed by atoms with van der Waals surface area (Å²) in [6, 6.07) is 7.50. The lowest BCUT2D eigenvalue weighted by molar-refractivity contribution is -0.124. The predicted molar refractivity (Wildman–Crippen MR) is 148 cm³/mol. The molecule has 14 nitrogen and oxygen atoms in total. The molecule has 2 aromatic carbocycles. The fraction of sp³-hybridized carbons (Fsp3) is 0.320. The van der Waals surface area contributed by atoms with Crippen molar-refractivity contribution in [2.24, 2.45) is 22.2 Å². The van der Waals surface area contributed by atoms with E-state index in [1.54, 1.807) is 6.07 Å². The van der Waals surface area contributed by atoms with Gasteiger partial charge in [0.05, 0.1) is 17.9 Å². The van der Waals surface area contributed by atoms with Crippen molar-refractivity contribution in [2.45, 2.75) is 38.3 Å². The van der Waals surface area contributed by atoms with E-state index >= 15 is 0 Å². The first-order valence-corrected chi connectivity index (χ1v) is 14.1. The monoisotopic (exact) mass is 573 g/mol. The van der Waals surface area contributed by atoms with Gasteiger partial charge in [0.25, 0.3) is 5.91 Å². The Bertz CT molecular complexity index is 1450. The lowest BCUT2D eigenvalue weighted by Gasteiger charge is -2.21. The third-order valence-electron chi connectivity index (χ3n) is 5.82. The van der Waals surface area contributed by atoms with Crippen LogP contribution in [0.2, 0.25) is 0 Å². The highest BCUT2D eigenvalue weighted by Gasteiger charge is 2.25. The topological polar surface area (TPSA) is 238 Å². The molecule has 0 aliphatic carbocycles. The van der Waals surface area contributed by atoms with E-state index in [0.29, 0.717) is 12.0 Å². The summed E-state index contributed by atoms with van der Waals surface area (Å²) in [6.45, 7) is 0.0816. The fourth-order valence-electron chi connectivity index (χ4n) is 3.92. The minimum Gasteiger partial charge on any atom is -0.488 e. The van der Waals surface area contributed by atoms with Gasteiger partial charge in [-0.25, -0.2) is 8.42 Å². The van der Waals surface area contributed by atoms with Gasteiger partial charge >= 0.3 is 0 Å². The fourth-order valence-corrected chi connectivity index (χ4v) is 4.47. The number of nitrogens with zero attached hydrogens (tertiary/aromatic N) is 1. The molecule has 1 atom stereocenters. The molecule has 0 unspecified atom stereocenters. The second kappa shape index (κ2) is 12.9. The number of nitrogens with two attached hydrogens (primary N) is 3. The van der Waals surface area contributed by atoms with E-state index in [9.17, 15) is 27.6 Å². The Kier molecular flexibility index (Phi) is 9.66. The quantitative estimate of drug-likeness (QED) is 0.150. The highest BCUT2D eigenvalue weighted by Crippen LogP contribution is 2.27. The van der Waals surface area contributed by atoms with Gasteiger partial charge in [-0.3, -0.25) is 28.9 Å². The van der Waals surface area contributed by atoms with Crippen molar-refractivity contribution >= 4 is 50.9 Å². The Morgan fingerprint density at radius 3 is 2.52 bits per heavy atom. The smallest absolute Gasteiger partial charge is 0.255 e. The van der Waals surface area contributed by atoms with Crippen molar-refractivity contribution in [1.82, 2.24) is 5.32 Å². The zero-order chi connectivity index (χ0) is 29.4. The van der Waals surface area contributed by atoms with Crippen molar-refractivity contribution in [2.75, 3.05) is 22.8 Å². The maximum absolute atomic E-state index is 13.4. The van der Waals surface area contributed by atoms with Gasteiger partial charge in [0.15, 0.2) is 11.7 Å². The molecule has 1 heterocycles. The standard InChI is InChI=1S/C25H31N7O7S/c1-40(37,38)32-16-6-8-21-17(12-16)24(36)31-18(3-2-10-29-25(27)28)20(33)7-9-22(34)30-19-11-14(23(26)35)4-5-15(19)13-39-21/h4-6,8,11-12,18,32H,2-3,7,9-10,13H2,1H3,(H2,26,35)(H,30,34)(H,31,36)(H4,27,28,29)/t18-/m1/s1. The number of carbonyl (C=O) groups excluding carboxylic acids is 4. The highest BCUT2D eigenvalue weighted by atomic mass is 32.2. The molecule has 40 heavy (non-hydrogen) atoms. The Morgan fingerprint density at radius 2 is 1.85 bits per heavy atom. The number of ether oxygens (including phenoxy) is 1. The van der Waals surface area contributed by atoms with Crippen LogP contribution in [0.1, 0.15) is 52.0 Å². The number of amides is 3. The summed E-state index contributed by atoms with van der Waals surface area (Å²) < 4.78 is 31.8. The van der Waals surface area contributed by atoms with Crippen LogP contribution in [0.4, 0.5) is 11.4 Å². The summed E-state index contributed by atoms with van der Waals surface area (Å²) in [5, 5.41) is 5.36. The van der Waals surface area contributed by atoms with Crippen molar-refractivity contribution in [3.63, 3.8) is 0 Å². The third-order valence-corrected chi connectivity index (χ3v) is 6.42. The average molecular weight is 574 g/mol. The molecule has 1 aliphatic heterocycles. The SMILES string of the molecule is CS(=O)(=O)Nc1ccc2c(c1)C(=O)N[C@H](CCCN=C(N)N)C(=O)CCC(=O)Nc1cc(C(N)=O)ccc1CO2. The molecule has 0 radical (unpaired) electrons. The number of ketones is 1. The Labute approximate surface area is 230 Å². The second-order valence-electron chi connectivity index (χ2n) is 9.10. The zero-order valence-corrected chi connectivity index (χ0v) is 22.5. The molecule has 0 bridgehead atoms. The number of benzene rings is 2. The molecule has 0 aromatic heterocycles. The summed E-state index contributed by atoms with van der Waals surface area (Å²) in [4.78, 5) is 54.8. The lowest BCUT2D eigenvalue weighted by Crippen LogP contribution is -2.41. The van der Waals surface area contributed by atoms with Crippen molar-refractivity contribution in [1.29, 1.82) is 0 Å². The van der Waals surface area contributed by atoms with E-state index < -0.39 is 39.6 Å². The number of guanidine groups is 1. The van der Waals surface area contributed by atoms with Crippen LogP contribution in [0.15, 0.2) is 41.4 Å². The van der Waals surface area contributed by atoms with Crippen LogP contribution in [-0.2, 0) is 26.2 Å². The maximum Gasteiger partial charge on any atom is 0.255 e. The Hall–Kier alpha value is -4.66. The molecule has 0 saturated heterocycles. The zero-order valence-electron chi connectivity index (χ0n) is 21.7. The van der Waals surface area contributed by atoms with Gasteiger partial charge in [-0.1, -0.05) is 6.07 Å². The number of Topliss-reactive ketones (excluding diaryl/α,β-unsaturated/α-hetero) is 1. The van der Waals surface area contributed by atoms with Gasteiger partial charge in [0, 0.05) is 41.9 Å². The number of hydrogen-bond acceptors (Lipinski definition) is 8. The van der Waals surface area contributed by atoms with Crippen LogP contribution in [0.3, 0.4) is 0 Å². The van der Waals surface area contributed by atoms with Crippen LogP contribution >= 0.6 is 0 Å². The molecule has 3 rings (SSSR count). The number of fused-ring (bicyclic) bond motifs is 2. The molecule has 0 saturated carbocycles. The van der Waals surface area contributed by atoms with Gasteiger partial charge in [0.2, 0.25) is 21.8 Å². The Morgan fingerprint density at radius 1 is 1.10 bits per heavy atom. The maximum atomic E-state index is 13.4. The van der Waals surface area contributed by atoms with Gasteiger partial charge < -0.3 is 32.6 Å². The molecule has 2 aromatic rings. The summed E-state index contributed by atoms with van der Waals surface area (Å²) in [5.74, 6) is -2.34. The summed E-state index contributed by atoms with van der Waals surface area (Å²) in [7, 11) is -3.66. The van der Waals surface area contributed by atoms with Crippen LogP contribution in [0, 0.1) is 0 Å². The molecule has 1 aliphatic rings. The molecule has 214 valence electrons. The molecule has 0 fully saturated rings. The van der Waals surface area contributed by atoms with Crippen molar-refractivity contribution in [3.8, 4) is 5.75 Å². The second-order valence-corrected chi connectivity index (χ2v) is 10.8. The summed E-state index contributed by atoms with van der Waals surface area (Å²) in [5.41, 5.74) is 17.0. The van der Waals surface area contributed by atoms with Crippen LogP contribution in [-0.4, -0.2) is 56.7 Å². The van der Waals surface area contributed by atoms with E-state index in [0.717, 1.165) is 6.26 Å². The lowest BCUT2D eigenvalue weighted by atomic mass is 10.0. The van der Waals surface area contributed by atoms with Crippen LogP contribution in [0.5, 0.6) is 5.75 Å². The minimum atomic E-state index is -3.66. The minimum absolute atomic E-state index is 0.0351. The normalized spacial score (nSPS) is 16.2. The number of rotatable bonds is 7. The van der Waals surface area contributed by atoms with E-state index in [1.165, 1.54) is 30.3 Å². The van der Waals surface area contributed by atoms with Crippen LogP contribution in [0.25, 0.3) is 0 Å². The molecular weight excluding hydrogens is 542 g/mol. The molecular formula is C25H31N7O7S. The van der Waals surface area contributed by atoms with Gasteiger partial charge in [-0.2, -0.15) is 0 Å². The number of primary amides is 1. The summed E-state index contributed by atoms with van der Waals surface area (Å²) in [6.07, 6.45) is 1.10. The average Bonchev–Trinajstić information content (AvgIpc) is 2.87. The first kappa shape index (κ1) is 29.9. The van der Waals surface area contributed by atoms with E-state index in [-0.39, 0.29) is 66.6 Å².